The Morgan fingerprint density at radius 2 is 1.81 bits per heavy atom. The van der Waals surface area contributed by atoms with Crippen LogP contribution in [0, 0.1) is 20.8 Å². The number of aromatic nitrogens is 2. The van der Waals surface area contributed by atoms with Crippen LogP contribution >= 0.6 is 11.3 Å². The topological polar surface area (TPSA) is 34.4 Å². The first kappa shape index (κ1) is 17.7. The van der Waals surface area contributed by atoms with E-state index in [0.29, 0.717) is 5.69 Å². The van der Waals surface area contributed by atoms with Crippen LogP contribution in [0.2, 0.25) is 0 Å². The van der Waals surface area contributed by atoms with Gasteiger partial charge in [0.05, 0.1) is 5.69 Å². The third-order valence-corrected chi connectivity index (χ3v) is 6.02. The Morgan fingerprint density at radius 1 is 1.07 bits per heavy atom. The van der Waals surface area contributed by atoms with Gasteiger partial charge in [0.1, 0.15) is 11.4 Å². The van der Waals surface area contributed by atoms with Crippen molar-refractivity contribution < 1.29 is 4.79 Å². The lowest BCUT2D eigenvalue weighted by molar-refractivity contribution is 0.111. The van der Waals surface area contributed by atoms with Crippen molar-refractivity contribution in [3.05, 3.63) is 69.7 Å². The van der Waals surface area contributed by atoms with Crippen molar-refractivity contribution >= 4 is 22.6 Å². The van der Waals surface area contributed by atoms with Crippen molar-refractivity contribution in [2.45, 2.75) is 34.1 Å². The fourth-order valence-corrected chi connectivity index (χ4v) is 4.65. The Morgan fingerprint density at radius 3 is 2.44 bits per heavy atom. The van der Waals surface area contributed by atoms with Crippen LogP contribution in [0.15, 0.2) is 42.5 Å². The van der Waals surface area contributed by atoms with Gasteiger partial charge in [-0.1, -0.05) is 55.0 Å². The molecule has 4 rings (SSSR count). The second-order valence-electron chi connectivity index (χ2n) is 6.96. The first-order chi connectivity index (χ1) is 13.0. The summed E-state index contributed by atoms with van der Waals surface area (Å²) in [5, 5.41) is 0. The van der Waals surface area contributed by atoms with Crippen LogP contribution in [-0.2, 0) is 6.42 Å². The Balaban J connectivity index is 1.97. The molecule has 0 aliphatic rings. The molecule has 136 valence electrons. The summed E-state index contributed by atoms with van der Waals surface area (Å²) in [6.07, 6.45) is 1.95. The molecule has 0 atom stereocenters. The third kappa shape index (κ3) is 2.90. The molecule has 0 amide bonds. The number of hydrogen-bond donors (Lipinski definition) is 0. The molecule has 3 nitrogen and oxygen atoms in total. The van der Waals surface area contributed by atoms with Gasteiger partial charge in [-0.25, -0.2) is 4.98 Å². The molecule has 0 spiro atoms. The predicted molar refractivity (Wildman–Crippen MR) is 113 cm³/mol. The van der Waals surface area contributed by atoms with Crippen LogP contribution in [-0.4, -0.2) is 15.7 Å². The van der Waals surface area contributed by atoms with Gasteiger partial charge < -0.3 is 0 Å². The zero-order chi connectivity index (χ0) is 19.1. The Labute approximate surface area is 163 Å². The summed E-state index contributed by atoms with van der Waals surface area (Å²) < 4.78 is 2.02. The van der Waals surface area contributed by atoms with E-state index in [9.17, 15) is 4.79 Å². The van der Waals surface area contributed by atoms with Crippen molar-refractivity contribution in [1.29, 1.82) is 0 Å². The van der Waals surface area contributed by atoms with Crippen molar-refractivity contribution in [2.75, 3.05) is 0 Å². The quantitative estimate of drug-likeness (QED) is 0.409. The Bertz CT molecular complexity index is 1150. The molecule has 2 aromatic carbocycles. The number of nitrogens with zero attached hydrogens (tertiary/aromatic N) is 2. The molecule has 27 heavy (non-hydrogen) atoms. The maximum absolute atomic E-state index is 12.1. The van der Waals surface area contributed by atoms with Crippen LogP contribution in [0.25, 0.3) is 27.5 Å². The number of carbonyl (C=O) groups excluding carboxylic acids is 1. The van der Waals surface area contributed by atoms with E-state index in [-0.39, 0.29) is 0 Å². The molecule has 2 aromatic heterocycles. The molecule has 4 heteroatoms. The molecule has 4 aromatic rings. The number of imidazole rings is 1. The summed E-state index contributed by atoms with van der Waals surface area (Å²) in [6, 6.07) is 14.8. The molecule has 0 saturated heterocycles. The number of rotatable bonds is 4. The van der Waals surface area contributed by atoms with E-state index in [2.05, 4.69) is 70.2 Å². The lowest BCUT2D eigenvalue weighted by atomic mass is 10.0. The van der Waals surface area contributed by atoms with Crippen molar-refractivity contribution in [2.24, 2.45) is 0 Å². The maximum atomic E-state index is 12.1. The lowest BCUT2D eigenvalue weighted by Crippen LogP contribution is -1.96. The summed E-state index contributed by atoms with van der Waals surface area (Å²) in [5.41, 5.74) is 8.22. The highest BCUT2D eigenvalue weighted by atomic mass is 32.1. The molecule has 0 saturated carbocycles. The highest BCUT2D eigenvalue weighted by molar-refractivity contribution is 7.17. The smallest absolute Gasteiger partial charge is 0.195 e. The summed E-state index contributed by atoms with van der Waals surface area (Å²) in [7, 11) is 0. The van der Waals surface area contributed by atoms with Gasteiger partial charge in [-0.3, -0.25) is 9.20 Å². The molecule has 0 bridgehead atoms. The molecular formula is C23H22N2OS. The molecule has 0 fully saturated rings. The number of thiazole rings is 1. The average Bonchev–Trinajstić information content (AvgIpc) is 3.15. The normalized spacial score (nSPS) is 11.3. The van der Waals surface area contributed by atoms with E-state index in [4.69, 9.17) is 4.98 Å². The van der Waals surface area contributed by atoms with E-state index < -0.39 is 0 Å². The predicted octanol–water partition coefficient (Wildman–Crippen LogP) is 6.03. The number of benzene rings is 2. The largest absolute Gasteiger partial charge is 0.296 e. The van der Waals surface area contributed by atoms with Crippen LogP contribution in [0.5, 0.6) is 0 Å². The summed E-state index contributed by atoms with van der Waals surface area (Å²) in [5.74, 6) is 0. The molecule has 0 N–H and O–H groups in total. The Hall–Kier alpha value is -2.72. The molecule has 0 radical (unpaired) electrons. The number of aryl methyl sites for hydroxylation is 4. The van der Waals surface area contributed by atoms with Gasteiger partial charge in [-0.15, -0.1) is 11.3 Å². The molecule has 0 unspecified atom stereocenters. The summed E-state index contributed by atoms with van der Waals surface area (Å²) in [4.78, 5) is 19.0. The third-order valence-electron chi connectivity index (χ3n) is 5.07. The van der Waals surface area contributed by atoms with Crippen molar-refractivity contribution in [3.63, 3.8) is 0 Å². The van der Waals surface area contributed by atoms with Crippen LogP contribution in [0.4, 0.5) is 0 Å². The summed E-state index contributed by atoms with van der Waals surface area (Å²) >= 11 is 1.63. The second-order valence-corrected chi connectivity index (χ2v) is 8.14. The van der Waals surface area contributed by atoms with Crippen LogP contribution < -0.4 is 0 Å². The van der Waals surface area contributed by atoms with Gasteiger partial charge in [-0.2, -0.15) is 0 Å². The highest BCUT2D eigenvalue weighted by Crippen LogP contribution is 2.36. The van der Waals surface area contributed by atoms with Crippen molar-refractivity contribution in [3.8, 4) is 22.5 Å². The van der Waals surface area contributed by atoms with Crippen LogP contribution in [0.1, 0.15) is 39.0 Å². The number of carbonyl (C=O) groups is 1. The van der Waals surface area contributed by atoms with E-state index in [1.807, 2.05) is 4.40 Å². The van der Waals surface area contributed by atoms with Crippen molar-refractivity contribution in [1.82, 2.24) is 9.38 Å². The van der Waals surface area contributed by atoms with Gasteiger partial charge in [0, 0.05) is 10.4 Å². The molecular weight excluding hydrogens is 352 g/mol. The Kier molecular flexibility index (Phi) is 4.44. The van der Waals surface area contributed by atoms with E-state index in [0.717, 1.165) is 50.6 Å². The first-order valence-corrected chi connectivity index (χ1v) is 9.99. The molecule has 0 aliphatic heterocycles. The van der Waals surface area contributed by atoms with E-state index in [1.165, 1.54) is 11.1 Å². The number of aldehydes is 1. The fraction of sp³-hybridized carbons (Fsp3) is 0.217. The van der Waals surface area contributed by atoms with Gasteiger partial charge in [0.2, 0.25) is 0 Å². The van der Waals surface area contributed by atoms with Gasteiger partial charge in [0.15, 0.2) is 11.2 Å². The number of fused-ring (bicyclic) bond motifs is 1. The molecule has 0 aliphatic carbocycles. The minimum atomic E-state index is 0.621. The lowest BCUT2D eigenvalue weighted by Gasteiger charge is -2.07. The second kappa shape index (κ2) is 6.78. The molecule has 2 heterocycles. The highest BCUT2D eigenvalue weighted by Gasteiger charge is 2.21. The minimum Gasteiger partial charge on any atom is -0.296 e. The fourth-order valence-electron chi connectivity index (χ4n) is 3.66. The standard InChI is InChI=1S/C23H22N2OS/c1-5-17-7-9-18(10-8-17)22-16(4)27-23-24-21(20(13-26)25(22)23)19-11-6-14(2)12-15(19)3/h6-13H,5H2,1-4H3. The average molecular weight is 375 g/mol. The van der Waals surface area contributed by atoms with E-state index in [1.54, 1.807) is 11.3 Å². The monoisotopic (exact) mass is 374 g/mol. The van der Waals surface area contributed by atoms with Gasteiger partial charge in [0.25, 0.3) is 0 Å². The van der Waals surface area contributed by atoms with E-state index >= 15 is 0 Å². The SMILES string of the molecule is CCc1ccc(-c2c(C)sc3nc(-c4ccc(C)cc4C)c(C=O)n23)cc1. The van der Waals surface area contributed by atoms with Gasteiger partial charge in [-0.05, 0) is 43.9 Å². The maximum Gasteiger partial charge on any atom is 0.195 e. The van der Waals surface area contributed by atoms with Gasteiger partial charge >= 0.3 is 0 Å². The summed E-state index contributed by atoms with van der Waals surface area (Å²) in [6.45, 7) is 8.39. The minimum absolute atomic E-state index is 0.621. The zero-order valence-corrected chi connectivity index (χ0v) is 16.9. The first-order valence-electron chi connectivity index (χ1n) is 9.17. The zero-order valence-electron chi connectivity index (χ0n) is 16.0. The van der Waals surface area contributed by atoms with Crippen LogP contribution in [0.3, 0.4) is 0 Å². The number of hydrogen-bond acceptors (Lipinski definition) is 3.